The molecule has 4 saturated carbocycles. The third kappa shape index (κ3) is 4.01. The zero-order valence-corrected chi connectivity index (χ0v) is 17.6. The van der Waals surface area contributed by atoms with Crippen molar-refractivity contribution in [2.75, 3.05) is 19.6 Å². The zero-order chi connectivity index (χ0) is 17.4. The van der Waals surface area contributed by atoms with E-state index in [0.717, 1.165) is 17.8 Å². The minimum Gasteiger partial charge on any atom is -0.303 e. The van der Waals surface area contributed by atoms with E-state index in [2.05, 4.69) is 41.3 Å². The fourth-order valence-electron chi connectivity index (χ4n) is 7.27. The van der Waals surface area contributed by atoms with Crippen LogP contribution in [0.2, 0.25) is 0 Å². The molecule has 2 heteroatoms. The Hall–Kier alpha value is -0.790. The molecule has 1 aromatic carbocycles. The molecule has 4 bridgehead atoms. The van der Waals surface area contributed by atoms with Crippen molar-refractivity contribution in [3.63, 3.8) is 0 Å². The highest BCUT2D eigenvalue weighted by molar-refractivity contribution is 5.85. The number of rotatable bonds is 5. The van der Waals surface area contributed by atoms with Gasteiger partial charge in [0.05, 0.1) is 0 Å². The first kappa shape index (κ1) is 19.5. The molecule has 0 spiro atoms. The topological polar surface area (TPSA) is 3.24 Å². The quantitative estimate of drug-likeness (QED) is 0.552. The standard InChI is InChI=1S/C25H35N.ClH/c1-3-8-23(9-4-1)24(10-7-13-26-11-5-2-6-12-26)25-17-20-14-21(18-25)16-22(15-20)19-25;/h1,3-4,8-10,20-22H,2,5-7,11-19H2;1H. The lowest BCUT2D eigenvalue weighted by atomic mass is 9.47. The minimum absolute atomic E-state index is 0. The molecule has 1 nitrogen and oxygen atoms in total. The molecule has 1 aromatic rings. The predicted molar refractivity (Wildman–Crippen MR) is 117 cm³/mol. The van der Waals surface area contributed by atoms with Gasteiger partial charge in [0.15, 0.2) is 0 Å². The maximum absolute atomic E-state index is 2.70. The van der Waals surface area contributed by atoms with E-state index >= 15 is 0 Å². The second-order valence-corrected chi connectivity index (χ2v) is 9.87. The van der Waals surface area contributed by atoms with Crippen LogP contribution in [0, 0.1) is 23.2 Å². The third-order valence-corrected chi connectivity index (χ3v) is 7.94. The van der Waals surface area contributed by atoms with Crippen LogP contribution in [-0.4, -0.2) is 24.5 Å². The van der Waals surface area contributed by atoms with Gasteiger partial charge in [-0.2, -0.15) is 0 Å². The molecular weight excluding hydrogens is 350 g/mol. The van der Waals surface area contributed by atoms with Gasteiger partial charge in [0.2, 0.25) is 0 Å². The molecule has 0 unspecified atom stereocenters. The van der Waals surface area contributed by atoms with Crippen LogP contribution >= 0.6 is 12.4 Å². The van der Waals surface area contributed by atoms with Gasteiger partial charge in [-0.1, -0.05) is 42.8 Å². The Balaban J connectivity index is 0.00000180. The molecule has 148 valence electrons. The fourth-order valence-corrected chi connectivity index (χ4v) is 7.27. The van der Waals surface area contributed by atoms with Crippen LogP contribution in [-0.2, 0) is 0 Å². The summed E-state index contributed by atoms with van der Waals surface area (Å²) in [4.78, 5) is 2.70. The molecule has 4 aliphatic carbocycles. The van der Waals surface area contributed by atoms with Gasteiger partial charge in [-0.05, 0) is 105 Å². The van der Waals surface area contributed by atoms with Gasteiger partial charge in [0.1, 0.15) is 0 Å². The minimum atomic E-state index is 0. The van der Waals surface area contributed by atoms with Crippen molar-refractivity contribution in [1.29, 1.82) is 0 Å². The van der Waals surface area contributed by atoms with E-state index in [1.807, 2.05) is 0 Å². The van der Waals surface area contributed by atoms with E-state index in [0.29, 0.717) is 5.41 Å². The summed E-state index contributed by atoms with van der Waals surface area (Å²) in [5.41, 5.74) is 3.76. The van der Waals surface area contributed by atoms with Crippen LogP contribution in [0.1, 0.15) is 69.8 Å². The van der Waals surface area contributed by atoms with Crippen molar-refractivity contribution < 1.29 is 0 Å². The van der Waals surface area contributed by atoms with Crippen molar-refractivity contribution in [2.24, 2.45) is 23.2 Å². The Morgan fingerprint density at radius 2 is 1.48 bits per heavy atom. The average Bonchev–Trinajstić information content (AvgIpc) is 2.65. The molecule has 5 aliphatic rings. The Labute approximate surface area is 172 Å². The number of hydrogen-bond donors (Lipinski definition) is 0. The molecule has 0 amide bonds. The number of likely N-dealkylation sites (tertiary alicyclic amines) is 1. The van der Waals surface area contributed by atoms with E-state index in [1.54, 1.807) is 5.57 Å². The summed E-state index contributed by atoms with van der Waals surface area (Å²) in [5, 5.41) is 0. The summed E-state index contributed by atoms with van der Waals surface area (Å²) in [6, 6.07) is 11.4. The van der Waals surface area contributed by atoms with E-state index in [9.17, 15) is 0 Å². The van der Waals surface area contributed by atoms with E-state index in [-0.39, 0.29) is 12.4 Å². The lowest BCUT2D eigenvalue weighted by Gasteiger charge is -2.58. The highest BCUT2D eigenvalue weighted by atomic mass is 35.5. The SMILES string of the molecule is C(CCN1CCCCC1)=C(c1ccccc1)C12CC3CC(CC(C3)C1)C2.Cl. The first-order valence-corrected chi connectivity index (χ1v) is 11.3. The molecule has 1 aliphatic heterocycles. The van der Waals surface area contributed by atoms with Gasteiger partial charge in [-0.3, -0.25) is 0 Å². The van der Waals surface area contributed by atoms with Crippen molar-refractivity contribution in [3.8, 4) is 0 Å². The molecule has 1 heterocycles. The maximum atomic E-state index is 2.70. The number of piperidine rings is 1. The first-order chi connectivity index (χ1) is 12.8. The normalized spacial score (nSPS) is 35.9. The average molecular weight is 386 g/mol. The number of halogens is 1. The molecule has 5 fully saturated rings. The fraction of sp³-hybridized carbons (Fsp3) is 0.680. The van der Waals surface area contributed by atoms with Crippen LogP contribution in [0.25, 0.3) is 5.57 Å². The summed E-state index contributed by atoms with van der Waals surface area (Å²) in [7, 11) is 0. The molecule has 6 rings (SSSR count). The Bertz CT molecular complexity index is 608. The largest absolute Gasteiger partial charge is 0.303 e. The lowest BCUT2D eigenvalue weighted by molar-refractivity contribution is -0.0179. The second kappa shape index (κ2) is 8.29. The predicted octanol–water partition coefficient (Wildman–Crippen LogP) is 6.58. The summed E-state index contributed by atoms with van der Waals surface area (Å²) in [6.45, 7) is 3.92. The summed E-state index contributed by atoms with van der Waals surface area (Å²) in [5.74, 6) is 3.07. The smallest absolute Gasteiger partial charge is 0.00161 e. The van der Waals surface area contributed by atoms with Gasteiger partial charge in [0.25, 0.3) is 0 Å². The highest BCUT2D eigenvalue weighted by Gasteiger charge is 2.52. The monoisotopic (exact) mass is 385 g/mol. The van der Waals surface area contributed by atoms with Crippen molar-refractivity contribution >= 4 is 18.0 Å². The third-order valence-electron chi connectivity index (χ3n) is 7.94. The Morgan fingerprint density at radius 3 is 2.07 bits per heavy atom. The van der Waals surface area contributed by atoms with Gasteiger partial charge in [-0.25, -0.2) is 0 Å². The number of nitrogens with zero attached hydrogens (tertiary/aromatic N) is 1. The molecule has 0 aromatic heterocycles. The molecule has 27 heavy (non-hydrogen) atoms. The van der Waals surface area contributed by atoms with Crippen LogP contribution in [0.3, 0.4) is 0 Å². The van der Waals surface area contributed by atoms with Crippen LogP contribution < -0.4 is 0 Å². The Morgan fingerprint density at radius 1 is 0.889 bits per heavy atom. The van der Waals surface area contributed by atoms with Crippen molar-refractivity contribution in [3.05, 3.63) is 42.0 Å². The zero-order valence-electron chi connectivity index (χ0n) is 16.7. The molecule has 0 atom stereocenters. The number of benzene rings is 1. The van der Waals surface area contributed by atoms with Gasteiger partial charge in [-0.15, -0.1) is 12.4 Å². The molecule has 0 N–H and O–H groups in total. The lowest BCUT2D eigenvalue weighted by Crippen LogP contribution is -2.46. The molecule has 0 radical (unpaired) electrons. The van der Waals surface area contributed by atoms with E-state index in [4.69, 9.17) is 0 Å². The van der Waals surface area contributed by atoms with Crippen molar-refractivity contribution in [1.82, 2.24) is 4.90 Å². The number of allylic oxidation sites excluding steroid dienone is 1. The van der Waals surface area contributed by atoms with Gasteiger partial charge < -0.3 is 4.90 Å². The first-order valence-electron chi connectivity index (χ1n) is 11.3. The number of hydrogen-bond acceptors (Lipinski definition) is 1. The van der Waals surface area contributed by atoms with Crippen molar-refractivity contribution in [2.45, 2.75) is 64.2 Å². The summed E-state index contributed by atoms with van der Waals surface area (Å²) in [6.07, 6.45) is 17.2. The summed E-state index contributed by atoms with van der Waals surface area (Å²) < 4.78 is 0. The van der Waals surface area contributed by atoms with Crippen LogP contribution in [0.4, 0.5) is 0 Å². The summed E-state index contributed by atoms with van der Waals surface area (Å²) >= 11 is 0. The van der Waals surface area contributed by atoms with E-state index in [1.165, 1.54) is 89.4 Å². The second-order valence-electron chi connectivity index (χ2n) is 9.87. The van der Waals surface area contributed by atoms with Gasteiger partial charge >= 0.3 is 0 Å². The maximum Gasteiger partial charge on any atom is 0.00161 e. The van der Waals surface area contributed by atoms with Crippen LogP contribution in [0.15, 0.2) is 36.4 Å². The van der Waals surface area contributed by atoms with Gasteiger partial charge in [0, 0.05) is 6.54 Å². The van der Waals surface area contributed by atoms with E-state index < -0.39 is 0 Å². The molecule has 1 saturated heterocycles. The Kier molecular flexibility index (Phi) is 6.00. The highest BCUT2D eigenvalue weighted by Crippen LogP contribution is 2.64. The molecular formula is C25H36ClN. The van der Waals surface area contributed by atoms with Crippen LogP contribution in [0.5, 0.6) is 0 Å².